The largest absolute Gasteiger partial charge is 0.467 e. The fourth-order valence-electron chi connectivity index (χ4n) is 3.24. The first-order valence-corrected chi connectivity index (χ1v) is 10.8. The fourth-order valence-corrected chi connectivity index (χ4v) is 4.76. The monoisotopic (exact) mass is 412 g/mol. The Hall–Kier alpha value is -3.09. The first-order valence-electron chi connectivity index (χ1n) is 9.36. The average Bonchev–Trinajstić information content (AvgIpc) is 3.42. The normalized spacial score (nSPS) is 15.1. The van der Waals surface area contributed by atoms with Crippen LogP contribution in [0.5, 0.6) is 0 Å². The molecular weight excluding hydrogens is 392 g/mol. The number of oxazole rings is 1. The molecule has 1 fully saturated rings. The lowest BCUT2D eigenvalue weighted by Crippen LogP contribution is -2.35. The lowest BCUT2D eigenvalue weighted by molar-refractivity contribution is 0.346. The van der Waals surface area contributed by atoms with Gasteiger partial charge in [-0.3, -0.25) is 0 Å². The zero-order chi connectivity index (χ0) is 20.3. The van der Waals surface area contributed by atoms with Crippen LogP contribution in [0, 0.1) is 11.3 Å². The third-order valence-electron chi connectivity index (χ3n) is 4.79. The van der Waals surface area contributed by atoms with Gasteiger partial charge in [-0.1, -0.05) is 6.42 Å². The Kier molecular flexibility index (Phi) is 5.38. The second-order valence-corrected chi connectivity index (χ2v) is 8.67. The van der Waals surface area contributed by atoms with Crippen molar-refractivity contribution < 1.29 is 17.3 Å². The molecule has 1 aliphatic rings. The first kappa shape index (κ1) is 19.2. The summed E-state index contributed by atoms with van der Waals surface area (Å²) in [6.45, 7) is 1.46. The van der Waals surface area contributed by atoms with Gasteiger partial charge in [0.05, 0.1) is 17.7 Å². The number of nitrogens with zero attached hydrogens (tertiary/aromatic N) is 3. The molecule has 0 saturated carbocycles. The zero-order valence-corrected chi connectivity index (χ0v) is 16.5. The number of hydrogen-bond donors (Lipinski definition) is 1. The third-order valence-corrected chi connectivity index (χ3v) is 6.70. The summed E-state index contributed by atoms with van der Waals surface area (Å²) in [6.07, 6.45) is 4.40. The summed E-state index contributed by atoms with van der Waals surface area (Å²) >= 11 is 0. The van der Waals surface area contributed by atoms with E-state index >= 15 is 0 Å². The van der Waals surface area contributed by atoms with Gasteiger partial charge in [-0.2, -0.15) is 14.6 Å². The predicted molar refractivity (Wildman–Crippen MR) is 105 cm³/mol. The number of furan rings is 1. The van der Waals surface area contributed by atoms with Crippen LogP contribution in [0.15, 0.2) is 56.4 Å². The molecule has 1 aromatic carbocycles. The number of nitriles is 1. The Morgan fingerprint density at radius 3 is 2.55 bits per heavy atom. The molecule has 0 unspecified atom stereocenters. The van der Waals surface area contributed by atoms with E-state index in [2.05, 4.69) is 10.3 Å². The van der Waals surface area contributed by atoms with Crippen LogP contribution in [0.2, 0.25) is 0 Å². The van der Waals surface area contributed by atoms with E-state index < -0.39 is 10.0 Å². The van der Waals surface area contributed by atoms with Crippen molar-refractivity contribution >= 4 is 15.9 Å². The van der Waals surface area contributed by atoms with Crippen molar-refractivity contribution in [1.29, 1.82) is 5.26 Å². The third kappa shape index (κ3) is 4.04. The number of anilines is 1. The minimum absolute atomic E-state index is 0.122. The van der Waals surface area contributed by atoms with Crippen LogP contribution in [-0.4, -0.2) is 30.8 Å². The minimum atomic E-state index is -3.50. The Morgan fingerprint density at radius 2 is 1.90 bits per heavy atom. The molecule has 8 nitrogen and oxygen atoms in total. The molecule has 0 bridgehead atoms. The molecular formula is C20H20N4O4S. The highest BCUT2D eigenvalue weighted by atomic mass is 32.2. The van der Waals surface area contributed by atoms with Gasteiger partial charge in [-0.05, 0) is 49.2 Å². The quantitative estimate of drug-likeness (QED) is 0.658. The topological polar surface area (TPSA) is 112 Å². The number of piperidine rings is 1. The smallest absolute Gasteiger partial charge is 0.243 e. The van der Waals surface area contributed by atoms with Crippen LogP contribution in [0.25, 0.3) is 11.5 Å². The molecule has 1 aliphatic heterocycles. The highest BCUT2D eigenvalue weighted by molar-refractivity contribution is 7.89. The van der Waals surface area contributed by atoms with Crippen LogP contribution in [0.4, 0.5) is 5.88 Å². The molecule has 0 aliphatic carbocycles. The predicted octanol–water partition coefficient (Wildman–Crippen LogP) is 3.59. The van der Waals surface area contributed by atoms with Crippen LogP contribution < -0.4 is 5.32 Å². The lowest BCUT2D eigenvalue weighted by atomic mass is 10.2. The van der Waals surface area contributed by atoms with Crippen molar-refractivity contribution in [3.63, 3.8) is 0 Å². The summed E-state index contributed by atoms with van der Waals surface area (Å²) in [7, 11) is -3.50. The Labute approximate surface area is 168 Å². The van der Waals surface area contributed by atoms with E-state index in [1.54, 1.807) is 42.7 Å². The zero-order valence-electron chi connectivity index (χ0n) is 15.7. The number of hydrogen-bond acceptors (Lipinski definition) is 7. The lowest BCUT2D eigenvalue weighted by Gasteiger charge is -2.25. The summed E-state index contributed by atoms with van der Waals surface area (Å²) < 4.78 is 38.0. The van der Waals surface area contributed by atoms with Crippen molar-refractivity contribution in [3.05, 3.63) is 54.1 Å². The fraction of sp³-hybridized carbons (Fsp3) is 0.300. The van der Waals surface area contributed by atoms with Gasteiger partial charge in [0.25, 0.3) is 0 Å². The molecule has 29 heavy (non-hydrogen) atoms. The van der Waals surface area contributed by atoms with E-state index in [0.29, 0.717) is 31.0 Å². The van der Waals surface area contributed by atoms with E-state index in [-0.39, 0.29) is 22.4 Å². The molecule has 150 valence electrons. The van der Waals surface area contributed by atoms with Crippen LogP contribution in [0.3, 0.4) is 0 Å². The molecule has 1 saturated heterocycles. The molecule has 4 rings (SSSR count). The van der Waals surface area contributed by atoms with E-state index in [0.717, 1.165) is 19.3 Å². The summed E-state index contributed by atoms with van der Waals surface area (Å²) in [5.41, 5.74) is 0.710. The molecule has 9 heteroatoms. The van der Waals surface area contributed by atoms with E-state index in [1.807, 2.05) is 6.07 Å². The average molecular weight is 412 g/mol. The number of aromatic nitrogens is 1. The minimum Gasteiger partial charge on any atom is -0.467 e. The summed E-state index contributed by atoms with van der Waals surface area (Å²) in [5.74, 6) is 1.17. The number of rotatable bonds is 6. The van der Waals surface area contributed by atoms with Crippen molar-refractivity contribution in [2.24, 2.45) is 0 Å². The van der Waals surface area contributed by atoms with Gasteiger partial charge in [0.1, 0.15) is 11.8 Å². The first-order chi connectivity index (χ1) is 14.1. The van der Waals surface area contributed by atoms with Crippen molar-refractivity contribution in [3.8, 4) is 17.5 Å². The molecule has 0 spiro atoms. The highest BCUT2D eigenvalue weighted by Gasteiger charge is 2.26. The highest BCUT2D eigenvalue weighted by Crippen LogP contribution is 2.28. The van der Waals surface area contributed by atoms with E-state index in [1.165, 1.54) is 4.31 Å². The molecule has 1 N–H and O–H groups in total. The summed E-state index contributed by atoms with van der Waals surface area (Å²) in [4.78, 5) is 4.44. The van der Waals surface area contributed by atoms with Gasteiger partial charge in [0.15, 0.2) is 0 Å². The molecule has 0 atom stereocenters. The van der Waals surface area contributed by atoms with Crippen LogP contribution in [-0.2, 0) is 16.6 Å². The second kappa shape index (κ2) is 8.11. The van der Waals surface area contributed by atoms with Gasteiger partial charge >= 0.3 is 0 Å². The van der Waals surface area contributed by atoms with Crippen molar-refractivity contribution in [1.82, 2.24) is 9.29 Å². The Morgan fingerprint density at radius 1 is 1.14 bits per heavy atom. The van der Waals surface area contributed by atoms with Crippen LogP contribution >= 0.6 is 0 Å². The standard InChI is InChI=1S/C20H20N4O4S/c21-13-18-20(22-14-16-5-4-12-27-16)28-19(23-18)15-6-8-17(9-7-15)29(25,26)24-10-2-1-3-11-24/h4-9,12,22H,1-3,10-11,14H2. The Balaban J connectivity index is 1.53. The second-order valence-electron chi connectivity index (χ2n) is 6.73. The maximum atomic E-state index is 12.8. The SMILES string of the molecule is N#Cc1nc(-c2ccc(S(=O)(=O)N3CCCCC3)cc2)oc1NCc1ccco1. The van der Waals surface area contributed by atoms with Gasteiger partial charge in [-0.15, -0.1) is 0 Å². The van der Waals surface area contributed by atoms with Crippen molar-refractivity contribution in [2.75, 3.05) is 18.4 Å². The van der Waals surface area contributed by atoms with Gasteiger partial charge in [0, 0.05) is 18.7 Å². The van der Waals surface area contributed by atoms with Gasteiger partial charge < -0.3 is 14.2 Å². The van der Waals surface area contributed by atoms with E-state index in [9.17, 15) is 13.7 Å². The molecule has 2 aromatic heterocycles. The molecule has 0 amide bonds. The number of nitrogens with one attached hydrogen (secondary N) is 1. The molecule has 3 aromatic rings. The van der Waals surface area contributed by atoms with Crippen LogP contribution in [0.1, 0.15) is 30.7 Å². The molecule has 0 radical (unpaired) electrons. The number of sulfonamides is 1. The summed E-state index contributed by atoms with van der Waals surface area (Å²) in [5, 5.41) is 12.3. The van der Waals surface area contributed by atoms with E-state index in [4.69, 9.17) is 8.83 Å². The van der Waals surface area contributed by atoms with Gasteiger partial charge in [0.2, 0.25) is 27.5 Å². The maximum Gasteiger partial charge on any atom is 0.243 e. The molecule has 3 heterocycles. The number of benzene rings is 1. The summed E-state index contributed by atoms with van der Waals surface area (Å²) in [6, 6.07) is 11.9. The van der Waals surface area contributed by atoms with Crippen molar-refractivity contribution in [2.45, 2.75) is 30.7 Å². The Bertz CT molecular complexity index is 1110. The van der Waals surface area contributed by atoms with Gasteiger partial charge in [-0.25, -0.2) is 8.42 Å². The maximum absolute atomic E-state index is 12.8.